The van der Waals surface area contributed by atoms with Crippen molar-refractivity contribution in [2.75, 3.05) is 18.0 Å². The third-order valence-corrected chi connectivity index (χ3v) is 4.17. The standard InChI is InChI=1S/C12H17ClN4O/c1-7-8(2)10(16-15-9(7)13)17-5-4-12(3,6-17)11(14)18/h4-6H2,1-3H3,(H2,14,18). The predicted molar refractivity (Wildman–Crippen MR) is 70.6 cm³/mol. The Hall–Kier alpha value is -1.36. The highest BCUT2D eigenvalue weighted by Crippen LogP contribution is 2.34. The molecule has 1 aliphatic rings. The van der Waals surface area contributed by atoms with Gasteiger partial charge in [0.1, 0.15) is 0 Å². The van der Waals surface area contributed by atoms with Crippen molar-refractivity contribution < 1.29 is 4.79 Å². The van der Waals surface area contributed by atoms with Crippen LogP contribution in [0.5, 0.6) is 0 Å². The third-order valence-electron chi connectivity index (χ3n) is 3.81. The highest BCUT2D eigenvalue weighted by Gasteiger charge is 2.39. The first-order valence-corrected chi connectivity index (χ1v) is 6.27. The number of anilines is 1. The van der Waals surface area contributed by atoms with Gasteiger partial charge in [0.15, 0.2) is 11.0 Å². The summed E-state index contributed by atoms with van der Waals surface area (Å²) in [6, 6.07) is 0. The lowest BCUT2D eigenvalue weighted by Crippen LogP contribution is -2.37. The summed E-state index contributed by atoms with van der Waals surface area (Å²) in [6.45, 7) is 7.11. The summed E-state index contributed by atoms with van der Waals surface area (Å²) in [5.74, 6) is 0.531. The average Bonchev–Trinajstić information content (AvgIpc) is 2.70. The van der Waals surface area contributed by atoms with E-state index < -0.39 is 5.41 Å². The molecule has 0 aliphatic carbocycles. The van der Waals surface area contributed by atoms with E-state index in [0.717, 1.165) is 29.9 Å². The highest BCUT2D eigenvalue weighted by molar-refractivity contribution is 6.30. The SMILES string of the molecule is Cc1c(Cl)nnc(N2CCC(C)(C(N)=O)C2)c1C. The second-order valence-corrected chi connectivity index (χ2v) is 5.52. The molecule has 98 valence electrons. The number of amides is 1. The van der Waals surface area contributed by atoms with Gasteiger partial charge in [-0.2, -0.15) is 0 Å². The summed E-state index contributed by atoms with van der Waals surface area (Å²) < 4.78 is 0. The number of carbonyl (C=O) groups excluding carboxylic acids is 1. The Bertz CT molecular complexity index is 505. The highest BCUT2D eigenvalue weighted by atomic mass is 35.5. The Morgan fingerprint density at radius 2 is 2.06 bits per heavy atom. The Morgan fingerprint density at radius 1 is 1.39 bits per heavy atom. The van der Waals surface area contributed by atoms with Gasteiger partial charge in [-0.1, -0.05) is 11.6 Å². The maximum Gasteiger partial charge on any atom is 0.225 e. The Balaban J connectivity index is 2.30. The van der Waals surface area contributed by atoms with Crippen LogP contribution in [0, 0.1) is 19.3 Å². The second kappa shape index (κ2) is 4.39. The fourth-order valence-electron chi connectivity index (χ4n) is 2.21. The van der Waals surface area contributed by atoms with E-state index in [1.165, 1.54) is 0 Å². The van der Waals surface area contributed by atoms with Gasteiger partial charge >= 0.3 is 0 Å². The van der Waals surface area contributed by atoms with Crippen molar-refractivity contribution in [3.8, 4) is 0 Å². The molecule has 1 atom stereocenters. The van der Waals surface area contributed by atoms with Gasteiger partial charge in [0.25, 0.3) is 0 Å². The summed E-state index contributed by atoms with van der Waals surface area (Å²) in [5, 5.41) is 8.50. The number of rotatable bonds is 2. The average molecular weight is 269 g/mol. The molecule has 1 saturated heterocycles. The molecule has 1 fully saturated rings. The van der Waals surface area contributed by atoms with Crippen molar-refractivity contribution in [3.05, 3.63) is 16.3 Å². The number of hydrogen-bond donors (Lipinski definition) is 1. The van der Waals surface area contributed by atoms with Crippen LogP contribution in [0.2, 0.25) is 5.15 Å². The smallest absolute Gasteiger partial charge is 0.225 e. The number of carbonyl (C=O) groups is 1. The van der Waals surface area contributed by atoms with Gasteiger partial charge in [0.2, 0.25) is 5.91 Å². The normalized spacial score (nSPS) is 23.4. The zero-order valence-corrected chi connectivity index (χ0v) is 11.6. The Kier molecular flexibility index (Phi) is 3.19. The molecule has 0 saturated carbocycles. The fourth-order valence-corrected chi connectivity index (χ4v) is 2.39. The molecule has 1 unspecified atom stereocenters. The van der Waals surface area contributed by atoms with Crippen LogP contribution in [0.1, 0.15) is 24.5 Å². The number of hydrogen-bond acceptors (Lipinski definition) is 4. The van der Waals surface area contributed by atoms with Gasteiger partial charge in [-0.25, -0.2) is 0 Å². The number of primary amides is 1. The van der Waals surface area contributed by atoms with Crippen molar-refractivity contribution in [2.24, 2.45) is 11.1 Å². The van der Waals surface area contributed by atoms with Gasteiger partial charge < -0.3 is 10.6 Å². The number of nitrogens with zero attached hydrogens (tertiary/aromatic N) is 3. The molecule has 0 bridgehead atoms. The first-order valence-electron chi connectivity index (χ1n) is 5.89. The lowest BCUT2D eigenvalue weighted by Gasteiger charge is -2.23. The van der Waals surface area contributed by atoms with Gasteiger partial charge in [0.05, 0.1) is 5.41 Å². The summed E-state index contributed by atoms with van der Waals surface area (Å²) in [5.41, 5.74) is 6.89. The monoisotopic (exact) mass is 268 g/mol. The van der Waals surface area contributed by atoms with Gasteiger partial charge in [-0.15, -0.1) is 10.2 Å². The minimum absolute atomic E-state index is 0.263. The van der Waals surface area contributed by atoms with E-state index >= 15 is 0 Å². The van der Waals surface area contributed by atoms with Crippen molar-refractivity contribution in [1.29, 1.82) is 0 Å². The number of aromatic nitrogens is 2. The molecule has 1 aromatic heterocycles. The number of nitrogens with two attached hydrogens (primary N) is 1. The molecule has 0 radical (unpaired) electrons. The van der Waals surface area contributed by atoms with Crippen molar-refractivity contribution in [3.63, 3.8) is 0 Å². The van der Waals surface area contributed by atoms with Crippen molar-refractivity contribution in [1.82, 2.24) is 10.2 Å². The molecule has 2 N–H and O–H groups in total. The van der Waals surface area contributed by atoms with Crippen LogP contribution in [-0.4, -0.2) is 29.2 Å². The molecule has 18 heavy (non-hydrogen) atoms. The van der Waals surface area contributed by atoms with E-state index in [0.29, 0.717) is 11.7 Å². The van der Waals surface area contributed by atoms with Crippen LogP contribution < -0.4 is 10.6 Å². The Morgan fingerprint density at radius 3 is 2.61 bits per heavy atom. The zero-order valence-electron chi connectivity index (χ0n) is 10.8. The molecule has 1 aliphatic heterocycles. The van der Waals surface area contributed by atoms with E-state index in [-0.39, 0.29) is 5.91 Å². The van der Waals surface area contributed by atoms with Crippen molar-refractivity contribution >= 4 is 23.3 Å². The predicted octanol–water partition coefficient (Wildman–Crippen LogP) is 1.45. The lowest BCUT2D eigenvalue weighted by molar-refractivity contribution is -0.125. The van der Waals surface area contributed by atoms with Crippen LogP contribution in [0.3, 0.4) is 0 Å². The molecule has 1 amide bonds. The van der Waals surface area contributed by atoms with Crippen LogP contribution in [0.15, 0.2) is 0 Å². The largest absolute Gasteiger partial charge is 0.369 e. The molecule has 5 nitrogen and oxygen atoms in total. The molecule has 1 aromatic rings. The maximum absolute atomic E-state index is 11.4. The number of halogens is 1. The quantitative estimate of drug-likeness (QED) is 0.881. The summed E-state index contributed by atoms with van der Waals surface area (Å²) in [4.78, 5) is 13.5. The maximum atomic E-state index is 11.4. The van der Waals surface area contributed by atoms with E-state index in [1.54, 1.807) is 0 Å². The van der Waals surface area contributed by atoms with Gasteiger partial charge in [0, 0.05) is 13.1 Å². The second-order valence-electron chi connectivity index (χ2n) is 5.16. The third kappa shape index (κ3) is 2.03. The van der Waals surface area contributed by atoms with Gasteiger partial charge in [-0.3, -0.25) is 4.79 Å². The van der Waals surface area contributed by atoms with E-state index in [4.69, 9.17) is 17.3 Å². The Labute approximate surface area is 111 Å². The summed E-state index contributed by atoms with van der Waals surface area (Å²) in [7, 11) is 0. The van der Waals surface area contributed by atoms with Crippen molar-refractivity contribution in [2.45, 2.75) is 27.2 Å². The molecule has 0 spiro atoms. The molecule has 6 heteroatoms. The first-order chi connectivity index (χ1) is 8.35. The van der Waals surface area contributed by atoms with Crippen LogP contribution in [0.25, 0.3) is 0 Å². The van der Waals surface area contributed by atoms with Gasteiger partial charge in [-0.05, 0) is 38.3 Å². The minimum Gasteiger partial charge on any atom is -0.369 e. The first kappa shape index (κ1) is 13.1. The van der Waals surface area contributed by atoms with E-state index in [1.807, 2.05) is 20.8 Å². The molecule has 2 heterocycles. The molecular weight excluding hydrogens is 252 g/mol. The van der Waals surface area contributed by atoms with E-state index in [2.05, 4.69) is 15.1 Å². The van der Waals surface area contributed by atoms with E-state index in [9.17, 15) is 4.79 Å². The zero-order chi connectivity index (χ0) is 13.5. The minimum atomic E-state index is -0.484. The topological polar surface area (TPSA) is 72.1 Å². The molecule has 0 aromatic carbocycles. The fraction of sp³-hybridized carbons (Fsp3) is 0.583. The lowest BCUT2D eigenvalue weighted by atomic mass is 9.89. The molecule has 2 rings (SSSR count). The van der Waals surface area contributed by atoms with Crippen LogP contribution in [-0.2, 0) is 4.79 Å². The summed E-state index contributed by atoms with van der Waals surface area (Å²) >= 11 is 5.93. The summed E-state index contributed by atoms with van der Waals surface area (Å²) in [6.07, 6.45) is 0.741. The molecular formula is C12H17ClN4O. The van der Waals surface area contributed by atoms with Crippen LogP contribution >= 0.6 is 11.6 Å². The van der Waals surface area contributed by atoms with Crippen LogP contribution in [0.4, 0.5) is 5.82 Å².